The van der Waals surface area contributed by atoms with E-state index in [1.165, 1.54) is 24.9 Å². The van der Waals surface area contributed by atoms with Crippen molar-refractivity contribution in [1.29, 1.82) is 0 Å². The smallest absolute Gasteiger partial charge is 0.326 e. The number of piperidine rings is 1. The number of nitrogens with two attached hydrogens (primary N) is 2. The molecule has 0 bridgehead atoms. The third-order valence-corrected chi connectivity index (χ3v) is 7.55. The Morgan fingerprint density at radius 3 is 2.45 bits per heavy atom. The molecular weight excluding hydrogens is 524 g/mol. The zero-order valence-corrected chi connectivity index (χ0v) is 23.8. The van der Waals surface area contributed by atoms with Crippen LogP contribution in [0, 0.1) is 0 Å². The van der Waals surface area contributed by atoms with Crippen molar-refractivity contribution in [2.75, 3.05) is 41.6 Å². The summed E-state index contributed by atoms with van der Waals surface area (Å²) in [4.78, 5) is 18.9. The van der Waals surface area contributed by atoms with E-state index in [0.717, 1.165) is 40.5 Å². The Hall–Kier alpha value is -3.64. The lowest BCUT2D eigenvalue weighted by atomic mass is 10.1. The second-order valence-electron chi connectivity index (χ2n) is 9.51. The standard InChI is InChI=1S/C29H38N8O2S/c1-39-27(33-28(30)34-35-31)22-11-9-21(10-12-22)20-37(29(38)32-23-7-6-8-26(19-23)40-2)25-15-13-24(14-16-25)36-17-4-3-5-18-36/h6-16,19,27-28,33H,3-5,17-18,20,30H2,1-2H3,(H2,31,34)(H,32,38). The molecule has 4 rings (SSSR count). The van der Waals surface area contributed by atoms with Crippen LogP contribution in [-0.2, 0) is 11.3 Å². The van der Waals surface area contributed by atoms with Crippen LogP contribution in [0.3, 0.4) is 0 Å². The van der Waals surface area contributed by atoms with Crippen LogP contribution in [-0.4, -0.2) is 38.8 Å². The maximum Gasteiger partial charge on any atom is 0.326 e. The molecule has 3 aromatic rings. The first-order valence-corrected chi connectivity index (χ1v) is 14.5. The van der Waals surface area contributed by atoms with Gasteiger partial charge in [0.05, 0.1) is 6.54 Å². The monoisotopic (exact) mass is 562 g/mol. The van der Waals surface area contributed by atoms with Gasteiger partial charge in [0.25, 0.3) is 0 Å². The molecule has 3 aromatic carbocycles. The predicted octanol–water partition coefficient (Wildman–Crippen LogP) is 5.44. The highest BCUT2D eigenvalue weighted by Crippen LogP contribution is 2.27. The zero-order valence-electron chi connectivity index (χ0n) is 23.0. The molecule has 10 nitrogen and oxygen atoms in total. The average molecular weight is 563 g/mol. The van der Waals surface area contributed by atoms with E-state index < -0.39 is 12.5 Å². The molecule has 6 N–H and O–H groups in total. The van der Waals surface area contributed by atoms with Crippen LogP contribution < -0.4 is 32.0 Å². The maximum absolute atomic E-state index is 13.6. The lowest BCUT2D eigenvalue weighted by Gasteiger charge is -2.30. The van der Waals surface area contributed by atoms with E-state index in [2.05, 4.69) is 38.0 Å². The van der Waals surface area contributed by atoms with Gasteiger partial charge < -0.3 is 20.8 Å². The fourth-order valence-electron chi connectivity index (χ4n) is 4.71. The van der Waals surface area contributed by atoms with Gasteiger partial charge in [0.15, 0.2) is 6.29 Å². The van der Waals surface area contributed by atoms with Crippen molar-refractivity contribution < 1.29 is 9.53 Å². The number of ether oxygens (including phenoxy) is 1. The van der Waals surface area contributed by atoms with Crippen LogP contribution in [0.2, 0.25) is 0 Å². The SMILES string of the molecule is COC(NC(N)/N=N\N)c1ccc(CN(C(=O)Nc2cccc(SC)c2)c2ccc(N3CCCCC3)cc2)cc1. The van der Waals surface area contributed by atoms with Crippen molar-refractivity contribution in [2.45, 2.75) is 43.2 Å². The highest BCUT2D eigenvalue weighted by atomic mass is 32.2. The van der Waals surface area contributed by atoms with Crippen LogP contribution in [0.1, 0.15) is 36.6 Å². The minimum Gasteiger partial charge on any atom is -0.372 e. The molecule has 1 aliphatic rings. The number of nitrogens with one attached hydrogen (secondary N) is 2. The molecule has 40 heavy (non-hydrogen) atoms. The Bertz CT molecular complexity index is 1250. The molecule has 1 saturated heterocycles. The normalized spacial score (nSPS) is 15.1. The number of anilines is 3. The maximum atomic E-state index is 13.6. The summed E-state index contributed by atoms with van der Waals surface area (Å²) in [5.41, 5.74) is 10.4. The molecule has 212 valence electrons. The molecular formula is C29H38N8O2S. The molecule has 0 radical (unpaired) electrons. The molecule has 1 fully saturated rings. The van der Waals surface area contributed by atoms with E-state index in [1.807, 2.05) is 66.9 Å². The lowest BCUT2D eigenvalue weighted by Crippen LogP contribution is -2.39. The molecule has 2 amide bonds. The van der Waals surface area contributed by atoms with E-state index in [0.29, 0.717) is 6.54 Å². The van der Waals surface area contributed by atoms with E-state index in [4.69, 9.17) is 16.3 Å². The summed E-state index contributed by atoms with van der Waals surface area (Å²) in [6, 6.07) is 23.7. The number of thioether (sulfide) groups is 1. The van der Waals surface area contributed by atoms with Gasteiger partial charge in [0, 0.05) is 42.2 Å². The van der Waals surface area contributed by atoms with E-state index in [9.17, 15) is 4.79 Å². The average Bonchev–Trinajstić information content (AvgIpc) is 3.00. The first-order chi connectivity index (χ1) is 19.5. The van der Waals surface area contributed by atoms with Crippen molar-refractivity contribution >= 4 is 34.9 Å². The molecule has 0 spiro atoms. The zero-order chi connectivity index (χ0) is 28.3. The van der Waals surface area contributed by atoms with Crippen LogP contribution in [0.15, 0.2) is 88.0 Å². The summed E-state index contributed by atoms with van der Waals surface area (Å²) in [5.74, 6) is 5.09. The Labute approximate surface area is 240 Å². The highest BCUT2D eigenvalue weighted by Gasteiger charge is 2.19. The van der Waals surface area contributed by atoms with Crippen molar-refractivity contribution in [3.63, 3.8) is 0 Å². The van der Waals surface area contributed by atoms with E-state index in [-0.39, 0.29) is 6.03 Å². The van der Waals surface area contributed by atoms with E-state index >= 15 is 0 Å². The minimum absolute atomic E-state index is 0.206. The molecule has 1 aliphatic heterocycles. The van der Waals surface area contributed by atoms with Gasteiger partial charge in [-0.2, -0.15) is 0 Å². The summed E-state index contributed by atoms with van der Waals surface area (Å²) in [6.45, 7) is 2.52. The number of carbonyl (C=O) groups excluding carboxylic acids is 1. The largest absolute Gasteiger partial charge is 0.372 e. The number of methoxy groups -OCH3 is 1. The van der Waals surface area contributed by atoms with Gasteiger partial charge in [-0.1, -0.05) is 35.6 Å². The summed E-state index contributed by atoms with van der Waals surface area (Å²) in [5, 5.41) is 12.9. The van der Waals surface area contributed by atoms with Crippen LogP contribution >= 0.6 is 11.8 Å². The summed E-state index contributed by atoms with van der Waals surface area (Å²) >= 11 is 1.63. The number of nitrogens with zero attached hydrogens (tertiary/aromatic N) is 4. The molecule has 2 atom stereocenters. The number of hydrogen-bond donors (Lipinski definition) is 4. The van der Waals surface area contributed by atoms with Crippen molar-refractivity contribution in [3.05, 3.63) is 83.9 Å². The Balaban J connectivity index is 1.55. The first-order valence-electron chi connectivity index (χ1n) is 13.3. The fraction of sp³-hybridized carbons (Fsp3) is 0.345. The highest BCUT2D eigenvalue weighted by molar-refractivity contribution is 7.98. The minimum atomic E-state index is -0.800. The predicted molar refractivity (Wildman–Crippen MR) is 162 cm³/mol. The van der Waals surface area contributed by atoms with Gasteiger partial charge in [-0.15, -0.1) is 16.9 Å². The van der Waals surface area contributed by atoms with Gasteiger partial charge in [-0.25, -0.2) is 4.79 Å². The molecule has 2 unspecified atom stereocenters. The van der Waals surface area contributed by atoms with E-state index in [1.54, 1.807) is 23.8 Å². The van der Waals surface area contributed by atoms with Gasteiger partial charge in [0.2, 0.25) is 0 Å². The Morgan fingerprint density at radius 2 is 1.80 bits per heavy atom. The number of benzene rings is 3. The summed E-state index contributed by atoms with van der Waals surface area (Å²) < 4.78 is 5.51. The van der Waals surface area contributed by atoms with Crippen LogP contribution in [0.25, 0.3) is 0 Å². The molecule has 0 aromatic heterocycles. The van der Waals surface area contributed by atoms with Crippen LogP contribution in [0.4, 0.5) is 21.9 Å². The van der Waals surface area contributed by atoms with Crippen molar-refractivity contribution in [3.8, 4) is 0 Å². The molecule has 1 heterocycles. The third-order valence-electron chi connectivity index (χ3n) is 6.82. The second-order valence-corrected chi connectivity index (χ2v) is 10.4. The molecule has 11 heteroatoms. The fourth-order valence-corrected chi connectivity index (χ4v) is 5.17. The number of amides is 2. The topological polar surface area (TPSA) is 134 Å². The summed E-state index contributed by atoms with van der Waals surface area (Å²) in [6.07, 6.45) is 4.42. The van der Waals surface area contributed by atoms with Gasteiger partial charge in [-0.3, -0.25) is 16.0 Å². The first kappa shape index (κ1) is 29.3. The van der Waals surface area contributed by atoms with Gasteiger partial charge in [-0.05, 0) is 79.1 Å². The molecule has 0 aliphatic carbocycles. The van der Waals surface area contributed by atoms with Crippen molar-refractivity contribution in [2.24, 2.45) is 21.9 Å². The second kappa shape index (κ2) is 14.7. The van der Waals surface area contributed by atoms with Gasteiger partial charge in [0.1, 0.15) is 6.23 Å². The number of hydrogen-bond acceptors (Lipinski definition) is 8. The Kier molecular flexibility index (Phi) is 10.8. The number of carbonyl (C=O) groups is 1. The lowest BCUT2D eigenvalue weighted by molar-refractivity contribution is 0.0632. The Morgan fingerprint density at radius 1 is 1.07 bits per heavy atom. The van der Waals surface area contributed by atoms with Crippen molar-refractivity contribution in [1.82, 2.24) is 5.32 Å². The van der Waals surface area contributed by atoms with Gasteiger partial charge >= 0.3 is 6.03 Å². The number of rotatable bonds is 11. The van der Waals surface area contributed by atoms with Crippen LogP contribution in [0.5, 0.6) is 0 Å². The quantitative estimate of drug-likeness (QED) is 0.0804. The molecule has 0 saturated carbocycles. The summed E-state index contributed by atoms with van der Waals surface area (Å²) in [7, 11) is 1.57. The number of urea groups is 1. The third kappa shape index (κ3) is 7.95.